The van der Waals surface area contributed by atoms with Gasteiger partial charge in [-0.3, -0.25) is 0 Å². The minimum absolute atomic E-state index is 0.276. The fourth-order valence-corrected chi connectivity index (χ4v) is 2.66. The van der Waals surface area contributed by atoms with E-state index in [1.165, 1.54) is 0 Å². The quantitative estimate of drug-likeness (QED) is 0.746. The first kappa shape index (κ1) is 19.2. The molecule has 3 N–H and O–H groups in total. The molecular weight excluding hydrogens is 282 g/mol. The van der Waals surface area contributed by atoms with Gasteiger partial charge in [0.25, 0.3) is 0 Å². The highest BCUT2D eigenvalue weighted by atomic mass is 16.6. The summed E-state index contributed by atoms with van der Waals surface area (Å²) >= 11 is 0. The highest BCUT2D eigenvalue weighted by Crippen LogP contribution is 2.17. The number of carbonyl (C=O) groups excluding carboxylic acids is 1. The maximum atomic E-state index is 11.6. The van der Waals surface area contributed by atoms with E-state index >= 15 is 0 Å². The Kier molecular flexibility index (Phi) is 8.14. The van der Waals surface area contributed by atoms with Crippen LogP contribution in [0.3, 0.4) is 0 Å². The van der Waals surface area contributed by atoms with Crippen LogP contribution in [0.15, 0.2) is 0 Å². The summed E-state index contributed by atoms with van der Waals surface area (Å²) in [6.45, 7) is 9.52. The number of nitrogens with zero attached hydrogens (tertiary/aromatic N) is 1. The average molecular weight is 315 g/mol. The van der Waals surface area contributed by atoms with E-state index < -0.39 is 5.60 Å². The summed E-state index contributed by atoms with van der Waals surface area (Å²) in [5.41, 5.74) is 5.43. The molecule has 1 aliphatic heterocycles. The number of hydrogen-bond donors (Lipinski definition) is 2. The first-order valence-electron chi connectivity index (χ1n) is 8.26. The van der Waals surface area contributed by atoms with Gasteiger partial charge in [-0.05, 0) is 53.0 Å². The predicted octanol–water partition coefficient (Wildman–Crippen LogP) is 1.59. The number of ether oxygens (including phenoxy) is 2. The third-order valence-corrected chi connectivity index (χ3v) is 3.93. The first-order chi connectivity index (χ1) is 10.3. The van der Waals surface area contributed by atoms with Gasteiger partial charge in [0.05, 0.1) is 0 Å². The molecule has 0 aromatic rings. The van der Waals surface area contributed by atoms with Crippen LogP contribution in [0.1, 0.15) is 40.0 Å². The molecule has 6 heteroatoms. The van der Waals surface area contributed by atoms with Crippen molar-refractivity contribution in [3.8, 4) is 0 Å². The number of nitrogens with one attached hydrogen (secondary N) is 1. The van der Waals surface area contributed by atoms with E-state index in [0.29, 0.717) is 19.0 Å². The molecule has 1 heterocycles. The highest BCUT2D eigenvalue weighted by Gasteiger charge is 2.21. The largest absolute Gasteiger partial charge is 0.444 e. The zero-order valence-electron chi connectivity index (χ0n) is 14.6. The number of amides is 1. The van der Waals surface area contributed by atoms with Gasteiger partial charge in [-0.25, -0.2) is 4.79 Å². The van der Waals surface area contributed by atoms with Crippen LogP contribution >= 0.6 is 0 Å². The summed E-state index contributed by atoms with van der Waals surface area (Å²) < 4.78 is 10.6. The third-order valence-electron chi connectivity index (χ3n) is 3.93. The number of carbonyl (C=O) groups is 1. The standard InChI is InChI=1S/C16H33N3O3/c1-16(2,3)22-15(20)18-8-5-14(11-17)19(4)12-13-6-9-21-10-7-13/h13-14H,5-12,17H2,1-4H3,(H,18,20). The predicted molar refractivity (Wildman–Crippen MR) is 87.9 cm³/mol. The second-order valence-electron chi connectivity index (χ2n) is 7.10. The molecule has 130 valence electrons. The highest BCUT2D eigenvalue weighted by molar-refractivity contribution is 5.67. The van der Waals surface area contributed by atoms with Crippen LogP contribution < -0.4 is 11.1 Å². The molecule has 1 rings (SSSR count). The van der Waals surface area contributed by atoms with Gasteiger partial charge in [-0.2, -0.15) is 0 Å². The van der Waals surface area contributed by atoms with E-state index in [-0.39, 0.29) is 12.1 Å². The van der Waals surface area contributed by atoms with E-state index in [1.807, 2.05) is 20.8 Å². The van der Waals surface area contributed by atoms with Crippen LogP contribution in [-0.4, -0.2) is 62.5 Å². The Morgan fingerprint density at radius 1 is 1.41 bits per heavy atom. The van der Waals surface area contributed by atoms with E-state index in [4.69, 9.17) is 15.2 Å². The van der Waals surface area contributed by atoms with Gasteiger partial charge in [0.15, 0.2) is 0 Å². The van der Waals surface area contributed by atoms with Crippen molar-refractivity contribution in [1.82, 2.24) is 10.2 Å². The molecule has 1 atom stereocenters. The summed E-state index contributed by atoms with van der Waals surface area (Å²) in [5.74, 6) is 0.687. The van der Waals surface area contributed by atoms with Crippen LogP contribution in [-0.2, 0) is 9.47 Å². The lowest BCUT2D eigenvalue weighted by Gasteiger charge is -2.32. The Morgan fingerprint density at radius 2 is 2.05 bits per heavy atom. The Morgan fingerprint density at radius 3 is 2.59 bits per heavy atom. The second kappa shape index (κ2) is 9.33. The monoisotopic (exact) mass is 315 g/mol. The summed E-state index contributed by atoms with van der Waals surface area (Å²) in [5, 5.41) is 2.80. The Labute approximate surface area is 134 Å². The van der Waals surface area contributed by atoms with Gasteiger partial charge in [-0.1, -0.05) is 0 Å². The molecule has 0 radical (unpaired) electrons. The minimum atomic E-state index is -0.461. The van der Waals surface area contributed by atoms with E-state index in [0.717, 1.165) is 39.0 Å². The van der Waals surface area contributed by atoms with Crippen LogP contribution in [0.25, 0.3) is 0 Å². The fourth-order valence-electron chi connectivity index (χ4n) is 2.66. The lowest BCUT2D eigenvalue weighted by molar-refractivity contribution is 0.0477. The molecule has 1 fully saturated rings. The molecule has 0 spiro atoms. The number of alkyl carbamates (subject to hydrolysis) is 1. The van der Waals surface area contributed by atoms with Crippen molar-refractivity contribution in [3.63, 3.8) is 0 Å². The van der Waals surface area contributed by atoms with Gasteiger partial charge in [0.2, 0.25) is 0 Å². The molecule has 0 aromatic carbocycles. The molecule has 22 heavy (non-hydrogen) atoms. The molecule has 1 amide bonds. The molecule has 0 aromatic heterocycles. The van der Waals surface area contributed by atoms with E-state index in [2.05, 4.69) is 17.3 Å². The van der Waals surface area contributed by atoms with Crippen LogP contribution in [0.5, 0.6) is 0 Å². The zero-order chi connectivity index (χ0) is 16.6. The smallest absolute Gasteiger partial charge is 0.407 e. The maximum absolute atomic E-state index is 11.6. The number of rotatable bonds is 7. The van der Waals surface area contributed by atoms with Crippen molar-refractivity contribution >= 4 is 6.09 Å². The van der Waals surface area contributed by atoms with Crippen molar-refractivity contribution in [1.29, 1.82) is 0 Å². The molecule has 1 saturated heterocycles. The fraction of sp³-hybridized carbons (Fsp3) is 0.938. The minimum Gasteiger partial charge on any atom is -0.444 e. The summed E-state index contributed by atoms with van der Waals surface area (Å²) in [7, 11) is 2.11. The van der Waals surface area contributed by atoms with E-state index in [1.54, 1.807) is 0 Å². The van der Waals surface area contributed by atoms with Gasteiger partial charge >= 0.3 is 6.09 Å². The molecule has 0 bridgehead atoms. The van der Waals surface area contributed by atoms with Crippen molar-refractivity contribution < 1.29 is 14.3 Å². The topological polar surface area (TPSA) is 76.8 Å². The van der Waals surface area contributed by atoms with Gasteiger partial charge < -0.3 is 25.4 Å². The van der Waals surface area contributed by atoms with Gasteiger partial charge in [0, 0.05) is 38.9 Å². The van der Waals surface area contributed by atoms with Gasteiger partial charge in [0.1, 0.15) is 5.60 Å². The van der Waals surface area contributed by atoms with Crippen molar-refractivity contribution in [2.45, 2.75) is 51.7 Å². The van der Waals surface area contributed by atoms with Crippen LogP contribution in [0.4, 0.5) is 4.79 Å². The normalized spacial score (nSPS) is 18.3. The van der Waals surface area contributed by atoms with Crippen molar-refractivity contribution in [3.05, 3.63) is 0 Å². The number of hydrogen-bond acceptors (Lipinski definition) is 5. The average Bonchev–Trinajstić information content (AvgIpc) is 2.42. The Bertz CT molecular complexity index is 325. The molecule has 6 nitrogen and oxygen atoms in total. The molecule has 1 unspecified atom stereocenters. The summed E-state index contributed by atoms with van der Waals surface area (Å²) in [6.07, 6.45) is 2.71. The number of nitrogens with two attached hydrogens (primary N) is 1. The third kappa shape index (κ3) is 7.96. The Hall–Kier alpha value is -0.850. The zero-order valence-corrected chi connectivity index (χ0v) is 14.6. The first-order valence-corrected chi connectivity index (χ1v) is 8.26. The molecule has 1 aliphatic rings. The van der Waals surface area contributed by atoms with Crippen LogP contribution in [0, 0.1) is 5.92 Å². The molecular formula is C16H33N3O3. The van der Waals surface area contributed by atoms with Gasteiger partial charge in [-0.15, -0.1) is 0 Å². The SMILES string of the molecule is CN(CC1CCOCC1)C(CN)CCNC(=O)OC(C)(C)C. The number of likely N-dealkylation sites (N-methyl/N-ethyl adjacent to an activating group) is 1. The van der Waals surface area contributed by atoms with E-state index in [9.17, 15) is 4.79 Å². The summed E-state index contributed by atoms with van der Waals surface area (Å²) in [4.78, 5) is 13.9. The van der Waals surface area contributed by atoms with Crippen LogP contribution in [0.2, 0.25) is 0 Å². The molecule has 0 aliphatic carbocycles. The van der Waals surface area contributed by atoms with Crippen molar-refractivity contribution in [2.75, 3.05) is 39.9 Å². The lowest BCUT2D eigenvalue weighted by atomic mass is 9.99. The second-order valence-corrected chi connectivity index (χ2v) is 7.10. The maximum Gasteiger partial charge on any atom is 0.407 e. The Balaban J connectivity index is 2.26. The lowest BCUT2D eigenvalue weighted by Crippen LogP contribution is -2.43. The van der Waals surface area contributed by atoms with Crippen molar-refractivity contribution in [2.24, 2.45) is 11.7 Å². The molecule has 0 saturated carbocycles. The summed E-state index contributed by atoms with van der Waals surface area (Å²) in [6, 6.07) is 0.276.